The number of nitrogens with zero attached hydrogens (tertiary/aromatic N) is 1. The van der Waals surface area contributed by atoms with E-state index in [0.717, 1.165) is 22.0 Å². The van der Waals surface area contributed by atoms with Gasteiger partial charge in [-0.25, -0.2) is 0 Å². The maximum absolute atomic E-state index is 12.5. The van der Waals surface area contributed by atoms with Crippen molar-refractivity contribution in [1.82, 2.24) is 4.90 Å². The van der Waals surface area contributed by atoms with Gasteiger partial charge in [-0.1, -0.05) is 58.7 Å². The van der Waals surface area contributed by atoms with Gasteiger partial charge in [0, 0.05) is 17.6 Å². The van der Waals surface area contributed by atoms with Gasteiger partial charge >= 0.3 is 0 Å². The van der Waals surface area contributed by atoms with Crippen LogP contribution in [0.2, 0.25) is 5.02 Å². The Morgan fingerprint density at radius 1 is 1.19 bits per heavy atom. The minimum atomic E-state index is 0.0158. The number of fused-ring (bicyclic) bond motifs is 1. The Kier molecular flexibility index (Phi) is 4.05. The van der Waals surface area contributed by atoms with E-state index in [1.807, 2.05) is 11.0 Å². The number of carbonyl (C=O) groups excluding carboxylic acids is 1. The summed E-state index contributed by atoms with van der Waals surface area (Å²) in [6, 6.07) is 12.2. The van der Waals surface area contributed by atoms with Crippen molar-refractivity contribution >= 4 is 33.4 Å². The average molecular weight is 365 g/mol. The van der Waals surface area contributed by atoms with Gasteiger partial charge < -0.3 is 4.90 Å². The Bertz CT molecular complexity index is 697. The zero-order chi connectivity index (χ0) is 15.0. The highest BCUT2D eigenvalue weighted by Crippen LogP contribution is 2.33. The van der Waals surface area contributed by atoms with Crippen molar-refractivity contribution in [2.24, 2.45) is 0 Å². The molecule has 1 aliphatic heterocycles. The Labute approximate surface area is 137 Å². The maximum atomic E-state index is 12.5. The van der Waals surface area contributed by atoms with Crippen molar-refractivity contribution in [2.45, 2.75) is 26.4 Å². The molecule has 0 saturated carbocycles. The van der Waals surface area contributed by atoms with Gasteiger partial charge in [-0.3, -0.25) is 4.79 Å². The lowest BCUT2D eigenvalue weighted by Gasteiger charge is -2.15. The number of halogens is 2. The van der Waals surface area contributed by atoms with E-state index in [2.05, 4.69) is 47.1 Å². The first kappa shape index (κ1) is 14.6. The molecule has 0 unspecified atom stereocenters. The van der Waals surface area contributed by atoms with Crippen LogP contribution >= 0.6 is 27.5 Å². The van der Waals surface area contributed by atoms with E-state index in [1.165, 1.54) is 5.56 Å². The summed E-state index contributed by atoms with van der Waals surface area (Å²) in [7, 11) is 0. The summed E-state index contributed by atoms with van der Waals surface area (Å²) in [6.45, 7) is 3.36. The molecule has 3 rings (SSSR count). The lowest BCUT2D eigenvalue weighted by molar-refractivity contribution is 0.0767. The summed E-state index contributed by atoms with van der Waals surface area (Å²) >= 11 is 9.62. The zero-order valence-electron chi connectivity index (χ0n) is 11.7. The van der Waals surface area contributed by atoms with Gasteiger partial charge in [-0.05, 0) is 35.2 Å². The Morgan fingerprint density at radius 2 is 1.86 bits per heavy atom. The normalized spacial score (nSPS) is 13.7. The second-order valence-corrected chi connectivity index (χ2v) is 6.58. The molecule has 1 aliphatic rings. The van der Waals surface area contributed by atoms with Crippen molar-refractivity contribution in [2.75, 3.05) is 0 Å². The standard InChI is InChI=1S/C17H15BrClNO/c1-2-11-3-5-12(6-4-11)9-20-10-13-7-14(18)8-15(19)16(13)17(20)21/h3-8H,2,9-10H2,1H3. The van der Waals surface area contributed by atoms with E-state index >= 15 is 0 Å². The minimum Gasteiger partial charge on any atom is -0.330 e. The molecule has 0 saturated heterocycles. The van der Waals surface area contributed by atoms with E-state index in [-0.39, 0.29) is 5.91 Å². The third-order valence-corrected chi connectivity index (χ3v) is 4.56. The van der Waals surface area contributed by atoms with Crippen LogP contribution in [0.15, 0.2) is 40.9 Å². The summed E-state index contributed by atoms with van der Waals surface area (Å²) in [5.41, 5.74) is 4.08. The smallest absolute Gasteiger partial charge is 0.256 e. The van der Waals surface area contributed by atoms with Crippen LogP contribution in [-0.2, 0) is 19.5 Å². The third-order valence-electron chi connectivity index (χ3n) is 3.80. The third kappa shape index (κ3) is 2.85. The number of carbonyl (C=O) groups is 1. The topological polar surface area (TPSA) is 20.3 Å². The Balaban J connectivity index is 1.82. The van der Waals surface area contributed by atoms with Crippen molar-refractivity contribution in [1.29, 1.82) is 0 Å². The summed E-state index contributed by atoms with van der Waals surface area (Å²) in [5, 5.41) is 0.521. The lowest BCUT2D eigenvalue weighted by atomic mass is 10.1. The SMILES string of the molecule is CCc1ccc(CN2Cc3cc(Br)cc(Cl)c3C2=O)cc1. The van der Waals surface area contributed by atoms with Crippen molar-refractivity contribution < 1.29 is 4.79 Å². The summed E-state index contributed by atoms with van der Waals surface area (Å²) < 4.78 is 0.910. The van der Waals surface area contributed by atoms with Crippen molar-refractivity contribution in [3.05, 3.63) is 68.1 Å². The van der Waals surface area contributed by atoms with Crippen LogP contribution in [0.25, 0.3) is 0 Å². The average Bonchev–Trinajstić information content (AvgIpc) is 2.76. The summed E-state index contributed by atoms with van der Waals surface area (Å²) in [6.07, 6.45) is 1.03. The summed E-state index contributed by atoms with van der Waals surface area (Å²) in [4.78, 5) is 14.3. The molecule has 108 valence electrons. The molecule has 0 bridgehead atoms. The summed E-state index contributed by atoms with van der Waals surface area (Å²) in [5.74, 6) is 0.0158. The highest BCUT2D eigenvalue weighted by molar-refractivity contribution is 9.10. The van der Waals surface area contributed by atoms with Gasteiger partial charge in [0.15, 0.2) is 0 Å². The van der Waals surface area contributed by atoms with Crippen LogP contribution in [-0.4, -0.2) is 10.8 Å². The van der Waals surface area contributed by atoms with E-state index in [0.29, 0.717) is 23.7 Å². The largest absolute Gasteiger partial charge is 0.330 e. The second kappa shape index (κ2) is 5.82. The van der Waals surface area contributed by atoms with Crippen LogP contribution in [0.3, 0.4) is 0 Å². The highest BCUT2D eigenvalue weighted by Gasteiger charge is 2.29. The number of hydrogen-bond donors (Lipinski definition) is 0. The molecule has 2 aromatic carbocycles. The quantitative estimate of drug-likeness (QED) is 0.764. The van der Waals surface area contributed by atoms with Crippen LogP contribution in [0.1, 0.15) is 34.0 Å². The van der Waals surface area contributed by atoms with Gasteiger partial charge in [0.2, 0.25) is 0 Å². The highest BCUT2D eigenvalue weighted by atomic mass is 79.9. The molecule has 0 radical (unpaired) electrons. The molecular formula is C17H15BrClNO. The fourth-order valence-corrected chi connectivity index (χ4v) is 3.61. The van der Waals surface area contributed by atoms with Crippen LogP contribution in [0.4, 0.5) is 0 Å². The molecule has 1 amide bonds. The predicted octanol–water partition coefficient (Wildman–Crippen LogP) is 4.82. The fraction of sp³-hybridized carbons (Fsp3) is 0.235. The molecule has 0 aromatic heterocycles. The van der Waals surface area contributed by atoms with Crippen molar-refractivity contribution in [3.8, 4) is 0 Å². The molecule has 0 fully saturated rings. The number of benzene rings is 2. The first-order chi connectivity index (χ1) is 10.1. The van der Waals surface area contributed by atoms with E-state index in [4.69, 9.17) is 11.6 Å². The van der Waals surface area contributed by atoms with Crippen LogP contribution in [0, 0.1) is 0 Å². The van der Waals surface area contributed by atoms with E-state index in [9.17, 15) is 4.79 Å². The molecule has 1 heterocycles. The van der Waals surface area contributed by atoms with E-state index in [1.54, 1.807) is 6.07 Å². The molecule has 0 N–H and O–H groups in total. The lowest BCUT2D eigenvalue weighted by Crippen LogP contribution is -2.23. The van der Waals surface area contributed by atoms with Crippen LogP contribution < -0.4 is 0 Å². The van der Waals surface area contributed by atoms with Crippen LogP contribution in [0.5, 0.6) is 0 Å². The first-order valence-corrected chi connectivity index (χ1v) is 8.10. The van der Waals surface area contributed by atoms with Gasteiger partial charge in [-0.2, -0.15) is 0 Å². The molecule has 21 heavy (non-hydrogen) atoms. The Morgan fingerprint density at radius 3 is 2.52 bits per heavy atom. The monoisotopic (exact) mass is 363 g/mol. The van der Waals surface area contributed by atoms with Gasteiger partial charge in [-0.15, -0.1) is 0 Å². The van der Waals surface area contributed by atoms with Gasteiger partial charge in [0.1, 0.15) is 0 Å². The van der Waals surface area contributed by atoms with Gasteiger partial charge in [0.05, 0.1) is 10.6 Å². The first-order valence-electron chi connectivity index (χ1n) is 6.93. The van der Waals surface area contributed by atoms with Gasteiger partial charge in [0.25, 0.3) is 5.91 Å². The molecule has 0 atom stereocenters. The predicted molar refractivity (Wildman–Crippen MR) is 88.5 cm³/mol. The number of hydrogen-bond acceptors (Lipinski definition) is 1. The number of amides is 1. The number of rotatable bonds is 3. The van der Waals surface area contributed by atoms with E-state index < -0.39 is 0 Å². The molecule has 2 nitrogen and oxygen atoms in total. The molecular weight excluding hydrogens is 350 g/mol. The second-order valence-electron chi connectivity index (χ2n) is 5.25. The molecule has 2 aromatic rings. The fourth-order valence-electron chi connectivity index (χ4n) is 2.66. The molecule has 0 spiro atoms. The minimum absolute atomic E-state index is 0.0158. The molecule has 4 heteroatoms. The Hall–Kier alpha value is -1.32. The number of aryl methyl sites for hydroxylation is 1. The molecule has 0 aliphatic carbocycles. The zero-order valence-corrected chi connectivity index (χ0v) is 14.0. The maximum Gasteiger partial charge on any atom is 0.256 e. The van der Waals surface area contributed by atoms with Crippen molar-refractivity contribution in [3.63, 3.8) is 0 Å².